The van der Waals surface area contributed by atoms with Crippen molar-refractivity contribution < 1.29 is 0 Å². The number of fused-ring (bicyclic) bond motifs is 2. The highest BCUT2D eigenvalue weighted by atomic mass is 79.9. The van der Waals surface area contributed by atoms with Gasteiger partial charge in [0.2, 0.25) is 0 Å². The Morgan fingerprint density at radius 3 is 2.56 bits per heavy atom. The van der Waals surface area contributed by atoms with E-state index >= 15 is 0 Å². The first-order chi connectivity index (χ1) is 4.29. The SMILES string of the molecule is BrC1=C2CCC(C2)C1Br. The van der Waals surface area contributed by atoms with Gasteiger partial charge >= 0.3 is 0 Å². The zero-order chi connectivity index (χ0) is 6.43. The van der Waals surface area contributed by atoms with Crippen molar-refractivity contribution in [2.75, 3.05) is 0 Å². The molecule has 9 heavy (non-hydrogen) atoms. The van der Waals surface area contributed by atoms with Gasteiger partial charge in [0.15, 0.2) is 0 Å². The maximum atomic E-state index is 3.66. The van der Waals surface area contributed by atoms with Crippen LogP contribution in [0.5, 0.6) is 0 Å². The second-order valence-corrected chi connectivity index (χ2v) is 4.70. The van der Waals surface area contributed by atoms with Crippen LogP contribution in [0.3, 0.4) is 0 Å². The fourth-order valence-electron chi connectivity index (χ4n) is 1.75. The van der Waals surface area contributed by atoms with Crippen LogP contribution in [0, 0.1) is 5.92 Å². The summed E-state index contributed by atoms with van der Waals surface area (Å²) < 4.78 is 1.44. The highest BCUT2D eigenvalue weighted by Crippen LogP contribution is 2.49. The van der Waals surface area contributed by atoms with Crippen molar-refractivity contribution in [3.8, 4) is 0 Å². The number of hydrogen-bond acceptors (Lipinski definition) is 0. The van der Waals surface area contributed by atoms with Gasteiger partial charge in [-0.2, -0.15) is 0 Å². The molecule has 0 aromatic heterocycles. The van der Waals surface area contributed by atoms with Gasteiger partial charge in [0.05, 0.1) is 0 Å². The molecule has 1 fully saturated rings. The number of hydrogen-bond donors (Lipinski definition) is 0. The van der Waals surface area contributed by atoms with Gasteiger partial charge in [-0.25, -0.2) is 0 Å². The van der Waals surface area contributed by atoms with E-state index < -0.39 is 0 Å². The van der Waals surface area contributed by atoms with E-state index in [0.717, 1.165) is 5.92 Å². The first-order valence-corrected chi connectivity index (χ1v) is 5.01. The standard InChI is InChI=1S/C7H8Br2/c8-6-4-1-2-5(3-4)7(6)9/h4,6H,1-3H2. The summed E-state index contributed by atoms with van der Waals surface area (Å²) in [6.07, 6.45) is 4.09. The predicted molar refractivity (Wildman–Crippen MR) is 46.0 cm³/mol. The third kappa shape index (κ3) is 0.829. The number of alkyl halides is 1. The van der Waals surface area contributed by atoms with Gasteiger partial charge in [0.25, 0.3) is 0 Å². The smallest absolute Gasteiger partial charge is 0.0492 e. The summed E-state index contributed by atoms with van der Waals surface area (Å²) in [5.41, 5.74) is 1.65. The molecule has 0 nitrogen and oxygen atoms in total. The molecule has 0 aromatic rings. The molecule has 2 heteroatoms. The van der Waals surface area contributed by atoms with Crippen molar-refractivity contribution in [3.05, 3.63) is 10.1 Å². The molecule has 0 amide bonds. The number of allylic oxidation sites excluding steroid dienone is 2. The van der Waals surface area contributed by atoms with Crippen LogP contribution < -0.4 is 0 Å². The van der Waals surface area contributed by atoms with Crippen LogP contribution in [0.4, 0.5) is 0 Å². The molecule has 0 aromatic carbocycles. The molecule has 0 spiro atoms. The van der Waals surface area contributed by atoms with E-state index in [-0.39, 0.29) is 0 Å². The summed E-state index contributed by atoms with van der Waals surface area (Å²) in [4.78, 5) is 0.654. The maximum absolute atomic E-state index is 3.66. The molecule has 2 aliphatic carbocycles. The number of halogens is 2. The summed E-state index contributed by atoms with van der Waals surface area (Å²) >= 11 is 7.25. The van der Waals surface area contributed by atoms with Gasteiger partial charge in [-0.05, 0) is 25.2 Å². The average Bonchev–Trinajstić information content (AvgIpc) is 2.37. The van der Waals surface area contributed by atoms with Gasteiger partial charge in [0.1, 0.15) is 0 Å². The van der Waals surface area contributed by atoms with E-state index in [1.807, 2.05) is 0 Å². The van der Waals surface area contributed by atoms with E-state index in [0.29, 0.717) is 4.83 Å². The van der Waals surface area contributed by atoms with Crippen LogP contribution in [0.2, 0.25) is 0 Å². The molecule has 1 saturated carbocycles. The first kappa shape index (κ1) is 6.41. The Morgan fingerprint density at radius 2 is 2.22 bits per heavy atom. The molecular formula is C7H8Br2. The van der Waals surface area contributed by atoms with Crippen LogP contribution in [0.15, 0.2) is 10.1 Å². The van der Waals surface area contributed by atoms with Gasteiger partial charge < -0.3 is 0 Å². The van der Waals surface area contributed by atoms with Crippen LogP contribution in [-0.4, -0.2) is 4.83 Å². The fraction of sp³-hybridized carbons (Fsp3) is 0.714. The molecular weight excluding hydrogens is 244 g/mol. The molecule has 2 aliphatic rings. The third-order valence-electron chi connectivity index (χ3n) is 2.32. The van der Waals surface area contributed by atoms with Crippen molar-refractivity contribution in [2.45, 2.75) is 24.1 Å². The molecule has 0 heterocycles. The van der Waals surface area contributed by atoms with Crippen molar-refractivity contribution in [3.63, 3.8) is 0 Å². The Bertz CT molecular complexity index is 172. The minimum absolute atomic E-state index is 0.654. The Balaban J connectivity index is 2.36. The summed E-state index contributed by atoms with van der Waals surface area (Å²) in [6, 6.07) is 0. The lowest BCUT2D eigenvalue weighted by Gasteiger charge is -2.13. The average molecular weight is 252 g/mol. The highest BCUT2D eigenvalue weighted by molar-refractivity contribution is 9.14. The topological polar surface area (TPSA) is 0 Å². The fourth-order valence-corrected chi connectivity index (χ4v) is 3.26. The molecule has 50 valence electrons. The third-order valence-corrected chi connectivity index (χ3v) is 5.19. The lowest BCUT2D eigenvalue weighted by atomic mass is 10.1. The van der Waals surface area contributed by atoms with Crippen LogP contribution >= 0.6 is 31.9 Å². The quantitative estimate of drug-likeness (QED) is 0.580. The Morgan fingerprint density at radius 1 is 1.44 bits per heavy atom. The van der Waals surface area contributed by atoms with Crippen molar-refractivity contribution in [1.29, 1.82) is 0 Å². The van der Waals surface area contributed by atoms with Crippen molar-refractivity contribution in [1.82, 2.24) is 0 Å². The molecule has 0 N–H and O–H groups in total. The van der Waals surface area contributed by atoms with E-state index in [1.54, 1.807) is 5.57 Å². The predicted octanol–water partition coefficient (Wildman–Crippen LogP) is 3.21. The Hall–Kier alpha value is 0.700. The summed E-state index contributed by atoms with van der Waals surface area (Å²) in [7, 11) is 0. The maximum Gasteiger partial charge on any atom is 0.0492 e. The van der Waals surface area contributed by atoms with E-state index in [2.05, 4.69) is 31.9 Å². The van der Waals surface area contributed by atoms with E-state index in [4.69, 9.17) is 0 Å². The summed E-state index contributed by atoms with van der Waals surface area (Å²) in [5, 5.41) is 0. The van der Waals surface area contributed by atoms with Crippen LogP contribution in [-0.2, 0) is 0 Å². The Labute approximate surface area is 72.0 Å². The molecule has 2 unspecified atom stereocenters. The van der Waals surface area contributed by atoms with Gasteiger partial charge in [-0.15, -0.1) is 0 Å². The monoisotopic (exact) mass is 250 g/mol. The van der Waals surface area contributed by atoms with Gasteiger partial charge in [-0.3, -0.25) is 0 Å². The second-order valence-electron chi connectivity index (χ2n) is 2.86. The zero-order valence-electron chi connectivity index (χ0n) is 5.03. The van der Waals surface area contributed by atoms with Crippen molar-refractivity contribution in [2.24, 2.45) is 5.92 Å². The minimum atomic E-state index is 0.654. The molecule has 0 aliphatic heterocycles. The lowest BCUT2D eigenvalue weighted by Crippen LogP contribution is -2.07. The molecule has 2 bridgehead atoms. The molecule has 0 saturated heterocycles. The molecule has 2 rings (SSSR count). The van der Waals surface area contributed by atoms with Crippen LogP contribution in [0.25, 0.3) is 0 Å². The number of rotatable bonds is 0. The zero-order valence-corrected chi connectivity index (χ0v) is 8.20. The summed E-state index contributed by atoms with van der Waals surface area (Å²) in [6.45, 7) is 0. The summed E-state index contributed by atoms with van der Waals surface area (Å²) in [5.74, 6) is 0.911. The second kappa shape index (κ2) is 2.09. The van der Waals surface area contributed by atoms with Crippen LogP contribution in [0.1, 0.15) is 19.3 Å². The van der Waals surface area contributed by atoms with Crippen molar-refractivity contribution >= 4 is 31.9 Å². The van der Waals surface area contributed by atoms with E-state index in [1.165, 1.54) is 23.7 Å². The normalized spacial score (nSPS) is 40.7. The molecule has 2 atom stereocenters. The molecule has 0 radical (unpaired) electrons. The highest BCUT2D eigenvalue weighted by Gasteiger charge is 2.36. The van der Waals surface area contributed by atoms with Gasteiger partial charge in [-0.1, -0.05) is 37.4 Å². The largest absolute Gasteiger partial charge is 0.0830 e. The van der Waals surface area contributed by atoms with E-state index in [9.17, 15) is 0 Å². The van der Waals surface area contributed by atoms with Gasteiger partial charge in [0, 0.05) is 9.31 Å². The first-order valence-electron chi connectivity index (χ1n) is 3.30. The lowest BCUT2D eigenvalue weighted by molar-refractivity contribution is 0.591. The minimum Gasteiger partial charge on any atom is -0.0830 e. The Kier molecular flexibility index (Phi) is 1.49.